The molecule has 0 radical (unpaired) electrons. The highest BCUT2D eigenvalue weighted by Crippen LogP contribution is 2.30. The maximum Gasteiger partial charge on any atom is 0.251 e. The molecule has 2 aromatic heterocycles. The molecule has 1 N–H and O–H groups in total. The summed E-state index contributed by atoms with van der Waals surface area (Å²) in [6.45, 7) is 7.01. The van der Waals surface area contributed by atoms with Crippen molar-refractivity contribution in [3.05, 3.63) is 58.6 Å². The second-order valence-electron chi connectivity index (χ2n) is 7.38. The third-order valence-electron chi connectivity index (χ3n) is 4.88. The Balaban J connectivity index is 1.59. The van der Waals surface area contributed by atoms with Gasteiger partial charge in [-0.1, -0.05) is 0 Å². The van der Waals surface area contributed by atoms with Crippen LogP contribution in [-0.4, -0.2) is 40.2 Å². The monoisotopic (exact) mass is 424 g/mol. The van der Waals surface area contributed by atoms with E-state index in [2.05, 4.69) is 20.3 Å². The molecule has 3 heterocycles. The first-order chi connectivity index (χ1) is 14.5. The van der Waals surface area contributed by atoms with Gasteiger partial charge in [-0.3, -0.25) is 4.79 Å². The minimum Gasteiger partial charge on any atom is -0.488 e. The fourth-order valence-corrected chi connectivity index (χ4v) is 3.95. The van der Waals surface area contributed by atoms with Crippen LogP contribution >= 0.6 is 11.3 Å². The summed E-state index contributed by atoms with van der Waals surface area (Å²) in [6, 6.07) is 5.33. The number of nitrogens with one attached hydrogen (secondary N) is 1. The number of ether oxygens (including phenoxy) is 2. The van der Waals surface area contributed by atoms with Gasteiger partial charge in [-0.25, -0.2) is 15.0 Å². The van der Waals surface area contributed by atoms with E-state index in [0.717, 1.165) is 27.4 Å². The molecular weight excluding hydrogens is 400 g/mol. The highest BCUT2D eigenvalue weighted by molar-refractivity contribution is 7.14. The summed E-state index contributed by atoms with van der Waals surface area (Å²) in [5.41, 5.74) is 2.23. The molecule has 0 saturated carbocycles. The van der Waals surface area contributed by atoms with Gasteiger partial charge >= 0.3 is 0 Å². The zero-order valence-electron chi connectivity index (χ0n) is 17.2. The Morgan fingerprint density at radius 1 is 1.20 bits per heavy atom. The van der Waals surface area contributed by atoms with E-state index in [9.17, 15) is 4.79 Å². The quantitative estimate of drug-likeness (QED) is 0.646. The number of amides is 1. The van der Waals surface area contributed by atoms with Crippen molar-refractivity contribution in [3.63, 3.8) is 0 Å². The second-order valence-corrected chi connectivity index (χ2v) is 8.62. The van der Waals surface area contributed by atoms with Crippen LogP contribution in [0, 0.1) is 13.8 Å². The highest BCUT2D eigenvalue weighted by Gasteiger charge is 2.20. The highest BCUT2D eigenvalue weighted by atomic mass is 32.1. The first-order valence-electron chi connectivity index (χ1n) is 9.89. The first-order valence-corrected chi connectivity index (χ1v) is 10.7. The molecule has 0 bridgehead atoms. The van der Waals surface area contributed by atoms with E-state index in [1.54, 1.807) is 29.8 Å². The predicted octanol–water partition coefficient (Wildman–Crippen LogP) is 3.88. The van der Waals surface area contributed by atoms with Crippen LogP contribution in [0.2, 0.25) is 0 Å². The topological polar surface area (TPSA) is 86.2 Å². The molecule has 1 aliphatic rings. The molecule has 1 saturated heterocycles. The van der Waals surface area contributed by atoms with Crippen LogP contribution < -0.4 is 10.1 Å². The zero-order valence-corrected chi connectivity index (χ0v) is 18.0. The minimum absolute atomic E-state index is 0.00202. The summed E-state index contributed by atoms with van der Waals surface area (Å²) in [5.74, 6) is 1.15. The number of rotatable bonds is 6. The van der Waals surface area contributed by atoms with E-state index in [-0.39, 0.29) is 18.1 Å². The summed E-state index contributed by atoms with van der Waals surface area (Å²) >= 11 is 1.59. The lowest BCUT2D eigenvalue weighted by atomic mass is 10.1. The van der Waals surface area contributed by atoms with Gasteiger partial charge in [-0.2, -0.15) is 0 Å². The fraction of sp³-hybridized carbons (Fsp3) is 0.364. The van der Waals surface area contributed by atoms with Crippen molar-refractivity contribution in [2.45, 2.75) is 39.3 Å². The molecule has 1 aromatic carbocycles. The molecule has 0 aliphatic carbocycles. The molecule has 1 amide bonds. The summed E-state index contributed by atoms with van der Waals surface area (Å²) in [5, 5.41) is 3.88. The molecular formula is C22H24N4O3S. The van der Waals surface area contributed by atoms with Crippen LogP contribution in [-0.2, 0) is 4.74 Å². The van der Waals surface area contributed by atoms with Gasteiger partial charge in [0.1, 0.15) is 22.7 Å². The maximum absolute atomic E-state index is 13.0. The summed E-state index contributed by atoms with van der Waals surface area (Å²) in [7, 11) is 0. The number of aromatic nitrogens is 3. The summed E-state index contributed by atoms with van der Waals surface area (Å²) in [4.78, 5) is 27.0. The fourth-order valence-electron chi connectivity index (χ4n) is 3.20. The molecule has 1 fully saturated rings. The Kier molecular flexibility index (Phi) is 6.06. The van der Waals surface area contributed by atoms with E-state index in [0.29, 0.717) is 30.4 Å². The van der Waals surface area contributed by atoms with E-state index in [1.807, 2.05) is 39.1 Å². The Morgan fingerprint density at radius 2 is 2.00 bits per heavy atom. The van der Waals surface area contributed by atoms with E-state index >= 15 is 0 Å². The Morgan fingerprint density at radius 3 is 2.67 bits per heavy atom. The van der Waals surface area contributed by atoms with Gasteiger partial charge in [0.2, 0.25) is 0 Å². The largest absolute Gasteiger partial charge is 0.488 e. The van der Waals surface area contributed by atoms with Crippen LogP contribution in [0.25, 0.3) is 10.6 Å². The maximum atomic E-state index is 13.0. The summed E-state index contributed by atoms with van der Waals surface area (Å²) in [6.07, 6.45) is 6.13. The molecule has 4 rings (SSSR count). The van der Waals surface area contributed by atoms with Crippen molar-refractivity contribution < 1.29 is 14.3 Å². The minimum atomic E-state index is -0.225. The lowest BCUT2D eigenvalue weighted by Gasteiger charge is -2.16. The van der Waals surface area contributed by atoms with Gasteiger partial charge in [0.25, 0.3) is 5.91 Å². The lowest BCUT2D eigenvalue weighted by molar-refractivity contribution is 0.0938. The van der Waals surface area contributed by atoms with Crippen LogP contribution in [0.4, 0.5) is 0 Å². The molecule has 8 heteroatoms. The molecule has 30 heavy (non-hydrogen) atoms. The molecule has 0 spiro atoms. The number of thiazole rings is 1. The molecule has 3 aromatic rings. The van der Waals surface area contributed by atoms with Crippen molar-refractivity contribution in [2.75, 3.05) is 13.2 Å². The number of hydrogen-bond donors (Lipinski definition) is 1. The Bertz CT molecular complexity index is 1030. The average Bonchev–Trinajstić information content (AvgIpc) is 3.40. The lowest BCUT2D eigenvalue weighted by Crippen LogP contribution is -2.27. The molecule has 7 nitrogen and oxygen atoms in total. The van der Waals surface area contributed by atoms with E-state index in [1.165, 1.54) is 0 Å². The molecule has 1 unspecified atom stereocenters. The SMILES string of the molecule is Cc1ncc(C(C)NC(=O)c2cc(O[C@@H]3CCOC3)cc(-c3ncc(C)s3)c2)cn1. The molecule has 1 aliphatic heterocycles. The van der Waals surface area contributed by atoms with E-state index < -0.39 is 0 Å². The van der Waals surface area contributed by atoms with Gasteiger partial charge in [0.15, 0.2) is 0 Å². The van der Waals surface area contributed by atoms with Crippen molar-refractivity contribution in [2.24, 2.45) is 0 Å². The standard InChI is InChI=1S/C22H24N4O3S/c1-13-9-25-22(30-13)17-6-16(7-20(8-17)29-19-4-5-28-12-19)21(27)26-14(2)18-10-23-15(3)24-11-18/h6-11,14,19H,4-5,12H2,1-3H3,(H,26,27)/t14?,19-/m1/s1. The number of hydrogen-bond acceptors (Lipinski definition) is 7. The van der Waals surface area contributed by atoms with Crippen molar-refractivity contribution >= 4 is 17.2 Å². The average molecular weight is 425 g/mol. The number of nitrogens with zero attached hydrogens (tertiary/aromatic N) is 3. The normalized spacial score (nSPS) is 17.0. The Hall–Kier alpha value is -2.84. The Labute approximate surface area is 179 Å². The van der Waals surface area contributed by atoms with Gasteiger partial charge in [0, 0.05) is 46.6 Å². The molecule has 156 valence electrons. The molecule has 2 atom stereocenters. The predicted molar refractivity (Wildman–Crippen MR) is 115 cm³/mol. The van der Waals surface area contributed by atoms with Gasteiger partial charge < -0.3 is 14.8 Å². The third-order valence-corrected chi connectivity index (χ3v) is 5.84. The number of carbonyl (C=O) groups excluding carboxylic acids is 1. The van der Waals surface area contributed by atoms with Crippen LogP contribution in [0.15, 0.2) is 36.8 Å². The summed E-state index contributed by atoms with van der Waals surface area (Å²) < 4.78 is 11.5. The number of carbonyl (C=O) groups is 1. The van der Waals surface area contributed by atoms with Gasteiger partial charge in [-0.15, -0.1) is 11.3 Å². The first kappa shape index (κ1) is 20.4. The van der Waals surface area contributed by atoms with Gasteiger partial charge in [-0.05, 0) is 39.0 Å². The zero-order chi connectivity index (χ0) is 21.1. The van der Waals surface area contributed by atoms with E-state index in [4.69, 9.17) is 9.47 Å². The van der Waals surface area contributed by atoms with Crippen LogP contribution in [0.1, 0.15) is 46.0 Å². The van der Waals surface area contributed by atoms with Crippen molar-refractivity contribution in [3.8, 4) is 16.3 Å². The second kappa shape index (κ2) is 8.89. The van der Waals surface area contributed by atoms with Gasteiger partial charge in [0.05, 0.1) is 19.3 Å². The smallest absolute Gasteiger partial charge is 0.251 e. The van der Waals surface area contributed by atoms with Crippen LogP contribution in [0.3, 0.4) is 0 Å². The number of aryl methyl sites for hydroxylation is 2. The van der Waals surface area contributed by atoms with Crippen molar-refractivity contribution in [1.82, 2.24) is 20.3 Å². The third kappa shape index (κ3) is 4.83. The van der Waals surface area contributed by atoms with Crippen LogP contribution in [0.5, 0.6) is 5.75 Å². The number of benzene rings is 1. The van der Waals surface area contributed by atoms with Crippen molar-refractivity contribution in [1.29, 1.82) is 0 Å².